The Morgan fingerprint density at radius 2 is 1.95 bits per heavy atom. The number of amides is 1. The standard InChI is InChI=1S/C12H19N3O3S/c1-8-6-10(13)9(2)11(7-8)19(17,18)15-5-3-4-12(14)16/h6-7,15H,3-5,13H2,1-2H3,(H2,14,16). The third-order valence-corrected chi connectivity index (χ3v) is 4.31. The SMILES string of the molecule is Cc1cc(N)c(C)c(S(=O)(=O)NCCCC(N)=O)c1. The van der Waals surface area contributed by atoms with E-state index in [-0.39, 0.29) is 17.9 Å². The van der Waals surface area contributed by atoms with Gasteiger partial charge in [0.05, 0.1) is 4.90 Å². The fourth-order valence-electron chi connectivity index (χ4n) is 1.68. The number of nitrogens with one attached hydrogen (secondary N) is 1. The van der Waals surface area contributed by atoms with Crippen LogP contribution in [-0.4, -0.2) is 20.9 Å². The lowest BCUT2D eigenvalue weighted by Gasteiger charge is -2.12. The van der Waals surface area contributed by atoms with Crippen molar-refractivity contribution in [1.82, 2.24) is 4.72 Å². The highest BCUT2D eigenvalue weighted by molar-refractivity contribution is 7.89. The van der Waals surface area contributed by atoms with Gasteiger partial charge in [-0.25, -0.2) is 13.1 Å². The van der Waals surface area contributed by atoms with E-state index < -0.39 is 15.9 Å². The van der Waals surface area contributed by atoms with E-state index in [1.807, 2.05) is 0 Å². The molecule has 0 spiro atoms. The fourth-order valence-corrected chi connectivity index (χ4v) is 3.11. The van der Waals surface area contributed by atoms with Gasteiger partial charge in [0.1, 0.15) is 0 Å². The molecule has 0 aliphatic rings. The van der Waals surface area contributed by atoms with Crippen LogP contribution in [0.4, 0.5) is 5.69 Å². The number of anilines is 1. The lowest BCUT2D eigenvalue weighted by Crippen LogP contribution is -2.26. The molecule has 0 unspecified atom stereocenters. The second-order valence-electron chi connectivity index (χ2n) is 4.44. The minimum atomic E-state index is -3.62. The van der Waals surface area contributed by atoms with E-state index in [4.69, 9.17) is 11.5 Å². The van der Waals surface area contributed by atoms with E-state index in [1.54, 1.807) is 26.0 Å². The summed E-state index contributed by atoms with van der Waals surface area (Å²) in [5, 5.41) is 0. The van der Waals surface area contributed by atoms with Crippen molar-refractivity contribution < 1.29 is 13.2 Å². The minimum absolute atomic E-state index is 0.150. The van der Waals surface area contributed by atoms with Crippen molar-refractivity contribution in [3.63, 3.8) is 0 Å². The zero-order valence-corrected chi connectivity index (χ0v) is 11.9. The molecule has 0 fully saturated rings. The quantitative estimate of drug-likeness (QED) is 0.519. The van der Waals surface area contributed by atoms with E-state index in [0.29, 0.717) is 17.7 Å². The molecule has 0 saturated carbocycles. The summed E-state index contributed by atoms with van der Waals surface area (Å²) in [7, 11) is -3.62. The van der Waals surface area contributed by atoms with Gasteiger partial charge < -0.3 is 11.5 Å². The van der Waals surface area contributed by atoms with Crippen molar-refractivity contribution in [2.75, 3.05) is 12.3 Å². The van der Waals surface area contributed by atoms with Gasteiger partial charge in [0.2, 0.25) is 15.9 Å². The van der Waals surface area contributed by atoms with Gasteiger partial charge >= 0.3 is 0 Å². The zero-order valence-electron chi connectivity index (χ0n) is 11.1. The number of hydrogen-bond donors (Lipinski definition) is 3. The van der Waals surface area contributed by atoms with Crippen LogP contribution in [0, 0.1) is 13.8 Å². The maximum atomic E-state index is 12.1. The van der Waals surface area contributed by atoms with E-state index in [0.717, 1.165) is 5.56 Å². The molecule has 6 nitrogen and oxygen atoms in total. The van der Waals surface area contributed by atoms with Crippen LogP contribution in [0.1, 0.15) is 24.0 Å². The third kappa shape index (κ3) is 4.22. The summed E-state index contributed by atoms with van der Waals surface area (Å²) >= 11 is 0. The normalized spacial score (nSPS) is 11.5. The van der Waals surface area contributed by atoms with Crippen molar-refractivity contribution >= 4 is 21.6 Å². The van der Waals surface area contributed by atoms with Gasteiger partial charge in [-0.05, 0) is 43.5 Å². The molecule has 0 aliphatic heterocycles. The topological polar surface area (TPSA) is 115 Å². The van der Waals surface area contributed by atoms with Gasteiger partial charge in [-0.1, -0.05) is 0 Å². The Morgan fingerprint density at radius 1 is 1.32 bits per heavy atom. The lowest BCUT2D eigenvalue weighted by molar-refractivity contribution is -0.118. The van der Waals surface area contributed by atoms with Crippen molar-refractivity contribution in [2.24, 2.45) is 5.73 Å². The van der Waals surface area contributed by atoms with Crippen molar-refractivity contribution in [3.8, 4) is 0 Å². The predicted octanol–water partition coefficient (Wildman–Crippen LogP) is 0.429. The average Bonchev–Trinajstić information content (AvgIpc) is 2.29. The molecule has 0 atom stereocenters. The number of rotatable bonds is 6. The van der Waals surface area contributed by atoms with Gasteiger partial charge in [-0.2, -0.15) is 0 Å². The first-order valence-corrected chi connectivity index (χ1v) is 7.37. The Bertz CT molecular complexity index is 582. The van der Waals surface area contributed by atoms with E-state index in [2.05, 4.69) is 4.72 Å². The molecule has 7 heteroatoms. The number of nitrogens with two attached hydrogens (primary N) is 2. The van der Waals surface area contributed by atoms with Crippen LogP contribution >= 0.6 is 0 Å². The number of sulfonamides is 1. The second-order valence-corrected chi connectivity index (χ2v) is 6.18. The van der Waals surface area contributed by atoms with Gasteiger partial charge in [-0.15, -0.1) is 0 Å². The Kier molecular flexibility index (Phi) is 4.90. The third-order valence-electron chi connectivity index (χ3n) is 2.73. The van der Waals surface area contributed by atoms with E-state index in [1.165, 1.54) is 0 Å². The summed E-state index contributed by atoms with van der Waals surface area (Å²) in [6.07, 6.45) is 0.520. The Hall–Kier alpha value is -1.60. The van der Waals surface area contributed by atoms with Crippen LogP contribution in [0.15, 0.2) is 17.0 Å². The molecule has 106 valence electrons. The van der Waals surface area contributed by atoms with Crippen molar-refractivity contribution in [2.45, 2.75) is 31.6 Å². The van der Waals surface area contributed by atoms with Crippen LogP contribution in [0.3, 0.4) is 0 Å². The summed E-state index contributed by atoms with van der Waals surface area (Å²) in [6.45, 7) is 3.60. The highest BCUT2D eigenvalue weighted by Gasteiger charge is 2.18. The number of benzene rings is 1. The molecule has 0 saturated heterocycles. The van der Waals surface area contributed by atoms with Crippen LogP contribution < -0.4 is 16.2 Å². The van der Waals surface area contributed by atoms with Crippen LogP contribution in [-0.2, 0) is 14.8 Å². The summed E-state index contributed by atoms with van der Waals surface area (Å²) in [5.41, 5.74) is 12.5. The van der Waals surface area contributed by atoms with Gasteiger partial charge in [0.15, 0.2) is 0 Å². The minimum Gasteiger partial charge on any atom is -0.398 e. The summed E-state index contributed by atoms with van der Waals surface area (Å²) in [5.74, 6) is -0.449. The molecule has 0 aromatic heterocycles. The zero-order chi connectivity index (χ0) is 14.6. The molecule has 1 rings (SSSR count). The van der Waals surface area contributed by atoms with Gasteiger partial charge in [-0.3, -0.25) is 4.79 Å². The number of nitrogen functional groups attached to an aromatic ring is 1. The first kappa shape index (κ1) is 15.5. The lowest BCUT2D eigenvalue weighted by atomic mass is 10.1. The summed E-state index contributed by atoms with van der Waals surface area (Å²) in [4.78, 5) is 10.7. The van der Waals surface area contributed by atoms with E-state index in [9.17, 15) is 13.2 Å². The molecular formula is C12H19N3O3S. The smallest absolute Gasteiger partial charge is 0.240 e. The van der Waals surface area contributed by atoms with Gasteiger partial charge in [0, 0.05) is 18.7 Å². The second kappa shape index (κ2) is 6.03. The molecule has 0 bridgehead atoms. The molecule has 1 aromatic carbocycles. The summed E-state index contributed by atoms with van der Waals surface area (Å²) < 4.78 is 26.7. The molecule has 0 heterocycles. The van der Waals surface area contributed by atoms with E-state index >= 15 is 0 Å². The number of carbonyl (C=O) groups is 1. The highest BCUT2D eigenvalue weighted by Crippen LogP contribution is 2.22. The fraction of sp³-hybridized carbons (Fsp3) is 0.417. The number of aryl methyl sites for hydroxylation is 1. The highest BCUT2D eigenvalue weighted by atomic mass is 32.2. The number of primary amides is 1. The molecule has 1 amide bonds. The molecule has 0 radical (unpaired) electrons. The Balaban J connectivity index is 2.86. The summed E-state index contributed by atoms with van der Waals surface area (Å²) in [6, 6.07) is 3.30. The van der Waals surface area contributed by atoms with Crippen LogP contribution in [0.25, 0.3) is 0 Å². The van der Waals surface area contributed by atoms with Crippen LogP contribution in [0.5, 0.6) is 0 Å². The van der Waals surface area contributed by atoms with Gasteiger partial charge in [0.25, 0.3) is 0 Å². The molecule has 5 N–H and O–H groups in total. The number of carbonyl (C=O) groups excluding carboxylic acids is 1. The average molecular weight is 285 g/mol. The van der Waals surface area contributed by atoms with Crippen molar-refractivity contribution in [3.05, 3.63) is 23.3 Å². The number of hydrogen-bond acceptors (Lipinski definition) is 4. The largest absolute Gasteiger partial charge is 0.398 e. The first-order valence-electron chi connectivity index (χ1n) is 5.88. The molecular weight excluding hydrogens is 266 g/mol. The maximum absolute atomic E-state index is 12.1. The Labute approximate surface area is 113 Å². The Morgan fingerprint density at radius 3 is 2.53 bits per heavy atom. The van der Waals surface area contributed by atoms with Crippen molar-refractivity contribution in [1.29, 1.82) is 0 Å². The van der Waals surface area contributed by atoms with Crippen LogP contribution in [0.2, 0.25) is 0 Å². The molecule has 0 aliphatic carbocycles. The predicted molar refractivity (Wildman–Crippen MR) is 73.9 cm³/mol. The maximum Gasteiger partial charge on any atom is 0.240 e. The molecule has 1 aromatic rings. The molecule has 19 heavy (non-hydrogen) atoms. The first-order chi connectivity index (χ1) is 8.74. The monoisotopic (exact) mass is 285 g/mol.